The summed E-state index contributed by atoms with van der Waals surface area (Å²) in [5.41, 5.74) is 1.63. The van der Waals surface area contributed by atoms with Gasteiger partial charge in [0, 0.05) is 24.7 Å². The summed E-state index contributed by atoms with van der Waals surface area (Å²) in [6.45, 7) is 1.04. The summed E-state index contributed by atoms with van der Waals surface area (Å²) in [5, 5.41) is 26.3. The van der Waals surface area contributed by atoms with Crippen LogP contribution in [0, 0.1) is 20.2 Å². The Hall–Kier alpha value is -4.80. The third-order valence-electron chi connectivity index (χ3n) is 6.22. The lowest BCUT2D eigenvalue weighted by molar-refractivity contribution is -0.393. The zero-order valence-corrected chi connectivity index (χ0v) is 19.1. The number of carbonyl (C=O) groups excluding carboxylic acids is 1. The van der Waals surface area contributed by atoms with E-state index < -0.39 is 27.1 Å². The number of H-pyrrole nitrogens is 1. The van der Waals surface area contributed by atoms with E-state index in [0.717, 1.165) is 42.4 Å². The molecule has 36 heavy (non-hydrogen) atoms. The number of anilines is 2. The molecule has 2 heterocycles. The van der Waals surface area contributed by atoms with Crippen molar-refractivity contribution in [1.82, 2.24) is 9.97 Å². The topological polar surface area (TPSA) is 147 Å². The van der Waals surface area contributed by atoms with Gasteiger partial charge in [0.1, 0.15) is 11.5 Å². The molecule has 0 spiro atoms. The largest absolute Gasteiger partial charge is 0.365 e. The number of nitro benzene ring substituents is 2. The van der Waals surface area contributed by atoms with Crippen molar-refractivity contribution >= 4 is 39.7 Å². The zero-order chi connectivity index (χ0) is 25.2. The minimum Gasteiger partial charge on any atom is -0.365 e. The highest BCUT2D eigenvalue weighted by atomic mass is 16.6. The molecule has 0 bridgehead atoms. The Morgan fingerprint density at radius 1 is 0.944 bits per heavy atom. The number of hydrogen-bond donors (Lipinski definition) is 2. The van der Waals surface area contributed by atoms with Gasteiger partial charge in [0.05, 0.1) is 38.2 Å². The SMILES string of the molecule is O=C(Nc1ccccc1-c1nc2ccccc2[nH]1)c1cc([N+](=O)[O-])cc([N+](=O)[O-])c1N1CCCCC1. The molecule has 0 atom stereocenters. The number of hydrogen-bond acceptors (Lipinski definition) is 7. The molecule has 1 amide bonds. The number of piperidine rings is 1. The Labute approximate surface area is 205 Å². The lowest BCUT2D eigenvalue weighted by Crippen LogP contribution is -2.32. The highest BCUT2D eigenvalue weighted by molar-refractivity contribution is 6.11. The lowest BCUT2D eigenvalue weighted by Gasteiger charge is -2.29. The van der Waals surface area contributed by atoms with Crippen molar-refractivity contribution in [2.24, 2.45) is 0 Å². The van der Waals surface area contributed by atoms with E-state index in [1.54, 1.807) is 29.2 Å². The summed E-state index contributed by atoms with van der Waals surface area (Å²) in [4.78, 5) is 45.2. The molecule has 0 unspecified atom stereocenters. The fourth-order valence-electron chi connectivity index (χ4n) is 4.54. The highest BCUT2D eigenvalue weighted by Crippen LogP contribution is 2.38. The van der Waals surface area contributed by atoms with Crippen LogP contribution in [-0.2, 0) is 0 Å². The number of amides is 1. The molecule has 0 aliphatic carbocycles. The van der Waals surface area contributed by atoms with Crippen LogP contribution in [0.25, 0.3) is 22.4 Å². The van der Waals surface area contributed by atoms with E-state index >= 15 is 0 Å². The monoisotopic (exact) mass is 486 g/mol. The van der Waals surface area contributed by atoms with Gasteiger partial charge in [-0.05, 0) is 43.5 Å². The maximum absolute atomic E-state index is 13.6. The Bertz CT molecular complexity index is 1460. The van der Waals surface area contributed by atoms with Crippen LogP contribution in [0.15, 0.2) is 60.7 Å². The van der Waals surface area contributed by atoms with Gasteiger partial charge in [-0.25, -0.2) is 4.98 Å². The Morgan fingerprint density at radius 3 is 2.39 bits per heavy atom. The molecule has 1 aliphatic rings. The number of imidazole rings is 1. The van der Waals surface area contributed by atoms with Crippen LogP contribution in [0.4, 0.5) is 22.7 Å². The van der Waals surface area contributed by atoms with Gasteiger partial charge in [-0.1, -0.05) is 24.3 Å². The first kappa shape index (κ1) is 23.0. The summed E-state index contributed by atoms with van der Waals surface area (Å²) in [6.07, 6.45) is 2.60. The Balaban J connectivity index is 1.59. The van der Waals surface area contributed by atoms with E-state index in [-0.39, 0.29) is 11.3 Å². The molecular formula is C25H22N6O5. The maximum Gasteiger partial charge on any atom is 0.300 e. The minimum atomic E-state index is -0.730. The summed E-state index contributed by atoms with van der Waals surface area (Å²) in [5.74, 6) is -0.140. The predicted molar refractivity (Wildman–Crippen MR) is 135 cm³/mol. The van der Waals surface area contributed by atoms with Crippen molar-refractivity contribution < 1.29 is 14.6 Å². The lowest BCUT2D eigenvalue weighted by atomic mass is 10.0. The van der Waals surface area contributed by atoms with Gasteiger partial charge < -0.3 is 15.2 Å². The molecule has 5 rings (SSSR count). The van der Waals surface area contributed by atoms with Crippen LogP contribution >= 0.6 is 0 Å². The predicted octanol–water partition coefficient (Wildman–Crippen LogP) is 5.29. The summed E-state index contributed by atoms with van der Waals surface area (Å²) >= 11 is 0. The van der Waals surface area contributed by atoms with E-state index in [2.05, 4.69) is 15.3 Å². The third kappa shape index (κ3) is 4.33. The molecule has 0 radical (unpaired) electrons. The number of benzene rings is 3. The first-order chi connectivity index (χ1) is 17.4. The molecule has 1 saturated heterocycles. The van der Waals surface area contributed by atoms with E-state index in [1.165, 1.54) is 0 Å². The van der Waals surface area contributed by atoms with Crippen molar-refractivity contribution in [3.63, 3.8) is 0 Å². The van der Waals surface area contributed by atoms with Crippen molar-refractivity contribution in [3.05, 3.63) is 86.5 Å². The Morgan fingerprint density at radius 2 is 1.67 bits per heavy atom. The van der Waals surface area contributed by atoms with E-state index in [9.17, 15) is 25.0 Å². The van der Waals surface area contributed by atoms with Crippen molar-refractivity contribution in [1.29, 1.82) is 0 Å². The number of carbonyl (C=O) groups is 1. The van der Waals surface area contributed by atoms with Crippen molar-refractivity contribution in [3.8, 4) is 11.4 Å². The molecule has 1 aromatic heterocycles. The average molecular weight is 486 g/mol. The number of aromatic amines is 1. The number of rotatable bonds is 6. The number of fused-ring (bicyclic) bond motifs is 1. The molecule has 182 valence electrons. The summed E-state index contributed by atoms with van der Waals surface area (Å²) in [7, 11) is 0. The maximum atomic E-state index is 13.6. The standard InChI is InChI=1S/C25H22N6O5/c32-25(28-19-9-3-2-8-17(19)24-26-20-10-4-5-11-21(20)27-24)18-14-16(30(33)34)15-22(31(35)36)23(18)29-12-6-1-7-13-29/h2-5,8-11,14-15H,1,6-7,12-13H2,(H,26,27)(H,28,32). The third-order valence-corrected chi connectivity index (χ3v) is 6.22. The van der Waals surface area contributed by atoms with Gasteiger partial charge in [0.2, 0.25) is 0 Å². The van der Waals surface area contributed by atoms with E-state index in [0.29, 0.717) is 30.2 Å². The smallest absolute Gasteiger partial charge is 0.300 e. The first-order valence-electron chi connectivity index (χ1n) is 11.5. The van der Waals surface area contributed by atoms with Gasteiger partial charge in [-0.3, -0.25) is 25.0 Å². The second-order valence-corrected chi connectivity index (χ2v) is 8.53. The number of nitrogens with one attached hydrogen (secondary N) is 2. The summed E-state index contributed by atoms with van der Waals surface area (Å²) in [6, 6.07) is 16.6. The second-order valence-electron chi connectivity index (χ2n) is 8.53. The van der Waals surface area contributed by atoms with Gasteiger partial charge in [-0.15, -0.1) is 0 Å². The van der Waals surface area contributed by atoms with Crippen LogP contribution in [-0.4, -0.2) is 38.8 Å². The van der Waals surface area contributed by atoms with Gasteiger partial charge in [-0.2, -0.15) is 0 Å². The van der Waals surface area contributed by atoms with Crippen molar-refractivity contribution in [2.45, 2.75) is 19.3 Å². The van der Waals surface area contributed by atoms with Crippen LogP contribution in [0.3, 0.4) is 0 Å². The fraction of sp³-hybridized carbons (Fsp3) is 0.200. The van der Waals surface area contributed by atoms with Crippen LogP contribution in [0.1, 0.15) is 29.6 Å². The molecular weight excluding hydrogens is 464 g/mol. The molecule has 1 aliphatic heterocycles. The number of para-hydroxylation sites is 3. The van der Waals surface area contributed by atoms with E-state index in [4.69, 9.17) is 0 Å². The van der Waals surface area contributed by atoms with Crippen LogP contribution < -0.4 is 10.2 Å². The van der Waals surface area contributed by atoms with Crippen LogP contribution in [0.2, 0.25) is 0 Å². The molecule has 11 heteroatoms. The molecule has 0 saturated carbocycles. The number of nitro groups is 2. The number of non-ortho nitro benzene ring substituents is 1. The summed E-state index contributed by atoms with van der Waals surface area (Å²) < 4.78 is 0. The average Bonchev–Trinajstić information content (AvgIpc) is 3.33. The number of aromatic nitrogens is 2. The van der Waals surface area contributed by atoms with Crippen LogP contribution in [0.5, 0.6) is 0 Å². The Kier molecular flexibility index (Phi) is 6.03. The molecule has 11 nitrogen and oxygen atoms in total. The molecule has 2 N–H and O–H groups in total. The minimum absolute atomic E-state index is 0.101. The van der Waals surface area contributed by atoms with E-state index in [1.807, 2.05) is 24.3 Å². The fourth-order valence-corrected chi connectivity index (χ4v) is 4.54. The highest BCUT2D eigenvalue weighted by Gasteiger charge is 2.32. The quantitative estimate of drug-likeness (QED) is 0.278. The molecule has 4 aromatic rings. The van der Waals surface area contributed by atoms with Crippen molar-refractivity contribution in [2.75, 3.05) is 23.3 Å². The zero-order valence-electron chi connectivity index (χ0n) is 19.1. The first-order valence-corrected chi connectivity index (χ1v) is 11.5. The normalized spacial score (nSPS) is 13.5. The molecule has 1 fully saturated rings. The van der Waals surface area contributed by atoms with Gasteiger partial charge >= 0.3 is 0 Å². The second kappa shape index (κ2) is 9.45. The van der Waals surface area contributed by atoms with Gasteiger partial charge in [0.15, 0.2) is 0 Å². The van der Waals surface area contributed by atoms with Gasteiger partial charge in [0.25, 0.3) is 17.3 Å². The molecule has 3 aromatic carbocycles. The number of nitrogens with zero attached hydrogens (tertiary/aromatic N) is 4.